The van der Waals surface area contributed by atoms with Crippen LogP contribution in [0.25, 0.3) is 5.76 Å². The third kappa shape index (κ3) is 3.98. The van der Waals surface area contributed by atoms with Crippen LogP contribution in [-0.2, 0) is 9.59 Å². The average molecular weight is 403 g/mol. The Hall–Kier alpha value is -2.57. The molecule has 1 aliphatic rings. The molecule has 0 unspecified atom stereocenters. The maximum absolute atomic E-state index is 12.8. The number of nitrogens with zero attached hydrogens (tertiary/aromatic N) is 2. The molecule has 0 spiro atoms. The minimum absolute atomic E-state index is 0.0338. The fourth-order valence-corrected chi connectivity index (χ4v) is 3.45. The van der Waals surface area contributed by atoms with Crippen LogP contribution in [0.4, 0.5) is 0 Å². The van der Waals surface area contributed by atoms with Crippen LogP contribution < -0.4 is 0 Å². The van der Waals surface area contributed by atoms with Gasteiger partial charge in [0.15, 0.2) is 0 Å². The van der Waals surface area contributed by atoms with Gasteiger partial charge in [0.2, 0.25) is 0 Å². The number of Topliss-reactive ketones (excluding diaryl/α,β-unsaturated/α-hetero) is 1. The van der Waals surface area contributed by atoms with Gasteiger partial charge in [-0.15, -0.1) is 0 Å². The van der Waals surface area contributed by atoms with Crippen molar-refractivity contribution in [3.05, 3.63) is 64.1 Å². The lowest BCUT2D eigenvalue weighted by Gasteiger charge is -2.24. The van der Waals surface area contributed by atoms with Gasteiger partial charge in [-0.05, 0) is 70.4 Å². The maximum atomic E-state index is 12.8. The molecule has 1 aromatic heterocycles. The number of carbonyl (C=O) groups excluding carboxylic acids is 2. The standard InChI is InChI=1S/C21H23ClN2O4/c1-13-5-10-16(28-13)18-17(19(25)14-6-8-15(22)9-7-14)20(26)21(27)24(18)12-4-11-23(2)3/h5-10,18,25H,4,11-12H2,1-3H3/b19-17+/t18-/m0/s1. The number of furan rings is 1. The van der Waals surface area contributed by atoms with E-state index >= 15 is 0 Å². The zero-order valence-corrected chi connectivity index (χ0v) is 16.9. The second-order valence-electron chi connectivity index (χ2n) is 7.10. The summed E-state index contributed by atoms with van der Waals surface area (Å²) in [5, 5.41) is 11.4. The molecule has 1 amide bonds. The first-order valence-corrected chi connectivity index (χ1v) is 9.43. The van der Waals surface area contributed by atoms with E-state index in [1.807, 2.05) is 19.0 Å². The van der Waals surface area contributed by atoms with Gasteiger partial charge in [0.1, 0.15) is 23.3 Å². The van der Waals surface area contributed by atoms with E-state index in [9.17, 15) is 14.7 Å². The van der Waals surface area contributed by atoms with Crippen LogP contribution in [0.15, 0.2) is 46.4 Å². The Morgan fingerprint density at radius 2 is 1.86 bits per heavy atom. The van der Waals surface area contributed by atoms with Crippen molar-refractivity contribution in [1.82, 2.24) is 9.80 Å². The molecule has 1 fully saturated rings. The van der Waals surface area contributed by atoms with Crippen molar-refractivity contribution in [2.45, 2.75) is 19.4 Å². The zero-order valence-electron chi connectivity index (χ0n) is 16.1. The molecule has 1 atom stereocenters. The molecule has 1 saturated heterocycles. The number of aliphatic hydroxyl groups is 1. The third-order valence-electron chi connectivity index (χ3n) is 4.69. The van der Waals surface area contributed by atoms with Crippen molar-refractivity contribution in [2.75, 3.05) is 27.2 Å². The van der Waals surface area contributed by atoms with Gasteiger partial charge in [-0.1, -0.05) is 11.6 Å². The molecule has 0 aliphatic carbocycles. The Balaban J connectivity index is 2.05. The number of aryl methyl sites for hydroxylation is 1. The predicted molar refractivity (Wildman–Crippen MR) is 107 cm³/mol. The Kier molecular flexibility index (Phi) is 5.91. The van der Waals surface area contributed by atoms with Gasteiger partial charge in [-0.2, -0.15) is 0 Å². The largest absolute Gasteiger partial charge is 0.507 e. The first kappa shape index (κ1) is 20.2. The topological polar surface area (TPSA) is 74.0 Å². The number of likely N-dealkylation sites (tertiary alicyclic amines) is 1. The van der Waals surface area contributed by atoms with Gasteiger partial charge in [0.05, 0.1) is 5.57 Å². The van der Waals surface area contributed by atoms with E-state index < -0.39 is 17.7 Å². The van der Waals surface area contributed by atoms with Gasteiger partial charge in [-0.25, -0.2) is 0 Å². The summed E-state index contributed by atoms with van der Waals surface area (Å²) in [4.78, 5) is 29.0. The number of halogens is 1. The van der Waals surface area contributed by atoms with Crippen LogP contribution >= 0.6 is 11.6 Å². The lowest BCUT2D eigenvalue weighted by molar-refractivity contribution is -0.140. The average Bonchev–Trinajstić information content (AvgIpc) is 3.18. The molecular formula is C21H23ClN2O4. The Morgan fingerprint density at radius 3 is 2.43 bits per heavy atom. The molecule has 1 aromatic carbocycles. The van der Waals surface area contributed by atoms with Gasteiger partial charge in [0, 0.05) is 17.1 Å². The predicted octanol–water partition coefficient (Wildman–Crippen LogP) is 3.61. The molecule has 7 heteroatoms. The van der Waals surface area contributed by atoms with Crippen molar-refractivity contribution >= 4 is 29.1 Å². The highest BCUT2D eigenvalue weighted by atomic mass is 35.5. The van der Waals surface area contributed by atoms with E-state index in [2.05, 4.69) is 0 Å². The molecule has 2 aromatic rings. The smallest absolute Gasteiger partial charge is 0.295 e. The number of hydrogen-bond acceptors (Lipinski definition) is 5. The number of benzene rings is 1. The first-order valence-electron chi connectivity index (χ1n) is 9.05. The van der Waals surface area contributed by atoms with Crippen LogP contribution in [0.5, 0.6) is 0 Å². The quantitative estimate of drug-likeness (QED) is 0.454. The van der Waals surface area contributed by atoms with Gasteiger partial charge < -0.3 is 19.3 Å². The third-order valence-corrected chi connectivity index (χ3v) is 4.94. The molecule has 2 heterocycles. The minimum Gasteiger partial charge on any atom is -0.507 e. The highest BCUT2D eigenvalue weighted by Crippen LogP contribution is 2.40. The number of aliphatic hydroxyl groups excluding tert-OH is 1. The number of rotatable bonds is 6. The molecule has 3 rings (SSSR count). The van der Waals surface area contributed by atoms with Crippen LogP contribution in [0.1, 0.15) is 29.5 Å². The molecule has 1 aliphatic heterocycles. The molecule has 0 saturated carbocycles. The summed E-state index contributed by atoms with van der Waals surface area (Å²) in [6.07, 6.45) is 0.692. The van der Waals surface area contributed by atoms with Crippen molar-refractivity contribution in [1.29, 1.82) is 0 Å². The Morgan fingerprint density at radius 1 is 1.18 bits per heavy atom. The van der Waals surface area contributed by atoms with Crippen LogP contribution in [0.3, 0.4) is 0 Å². The van der Waals surface area contributed by atoms with Crippen LogP contribution in [-0.4, -0.2) is 53.8 Å². The van der Waals surface area contributed by atoms with Crippen molar-refractivity contribution in [3.8, 4) is 0 Å². The van der Waals surface area contributed by atoms with E-state index in [0.717, 1.165) is 6.54 Å². The molecule has 1 N–H and O–H groups in total. The summed E-state index contributed by atoms with van der Waals surface area (Å²) in [5.74, 6) is -0.453. The van der Waals surface area contributed by atoms with Gasteiger partial charge >= 0.3 is 0 Å². The maximum Gasteiger partial charge on any atom is 0.295 e. The number of ketones is 1. The Labute approximate surface area is 169 Å². The van der Waals surface area contributed by atoms with Crippen molar-refractivity contribution in [2.24, 2.45) is 0 Å². The fraction of sp³-hybridized carbons (Fsp3) is 0.333. The number of hydrogen-bond donors (Lipinski definition) is 1. The second kappa shape index (κ2) is 8.20. The fourth-order valence-electron chi connectivity index (χ4n) is 3.33. The Bertz CT molecular complexity index is 915. The molecule has 6 nitrogen and oxygen atoms in total. The second-order valence-corrected chi connectivity index (χ2v) is 7.54. The van der Waals surface area contributed by atoms with Crippen molar-refractivity contribution < 1.29 is 19.1 Å². The van der Waals surface area contributed by atoms with Crippen LogP contribution in [0, 0.1) is 6.92 Å². The van der Waals surface area contributed by atoms with E-state index in [0.29, 0.717) is 35.1 Å². The summed E-state index contributed by atoms with van der Waals surface area (Å²) in [7, 11) is 3.89. The van der Waals surface area contributed by atoms with Crippen LogP contribution in [0.2, 0.25) is 5.02 Å². The lowest BCUT2D eigenvalue weighted by Crippen LogP contribution is -2.32. The highest BCUT2D eigenvalue weighted by Gasteiger charge is 2.47. The van der Waals surface area contributed by atoms with Gasteiger partial charge in [-0.3, -0.25) is 9.59 Å². The van der Waals surface area contributed by atoms with E-state index in [1.165, 1.54) is 4.90 Å². The lowest BCUT2D eigenvalue weighted by atomic mass is 9.99. The van der Waals surface area contributed by atoms with Gasteiger partial charge in [0.25, 0.3) is 11.7 Å². The van der Waals surface area contributed by atoms with E-state index in [1.54, 1.807) is 43.3 Å². The molecule has 0 radical (unpaired) electrons. The molecule has 28 heavy (non-hydrogen) atoms. The highest BCUT2D eigenvalue weighted by molar-refractivity contribution is 6.46. The molecular weight excluding hydrogens is 380 g/mol. The zero-order chi connectivity index (χ0) is 20.4. The molecule has 148 valence electrons. The number of amides is 1. The monoisotopic (exact) mass is 402 g/mol. The molecule has 0 bridgehead atoms. The summed E-state index contributed by atoms with van der Waals surface area (Å²) >= 11 is 5.92. The summed E-state index contributed by atoms with van der Waals surface area (Å²) in [6, 6.07) is 9.22. The number of carbonyl (C=O) groups is 2. The van der Waals surface area contributed by atoms with E-state index in [4.69, 9.17) is 16.0 Å². The minimum atomic E-state index is -0.758. The van der Waals surface area contributed by atoms with Crippen molar-refractivity contribution in [3.63, 3.8) is 0 Å². The normalized spacial score (nSPS) is 19.0. The SMILES string of the molecule is Cc1ccc([C@H]2/C(=C(\O)c3ccc(Cl)cc3)C(=O)C(=O)N2CCCN(C)C)o1. The van der Waals surface area contributed by atoms with E-state index in [-0.39, 0.29) is 11.3 Å². The first-order chi connectivity index (χ1) is 13.3. The summed E-state index contributed by atoms with van der Waals surface area (Å²) in [6.45, 7) is 2.94. The summed E-state index contributed by atoms with van der Waals surface area (Å²) < 4.78 is 5.73. The summed E-state index contributed by atoms with van der Waals surface area (Å²) in [5.41, 5.74) is 0.454.